The maximum atomic E-state index is 12.7. The fraction of sp³-hybridized carbons (Fsp3) is 0.120. The lowest BCUT2D eigenvalue weighted by Gasteiger charge is -2.11. The average molecular weight is 444 g/mol. The molecular formula is C25H24N4O4. The Kier molecular flexibility index (Phi) is 7.91. The Morgan fingerprint density at radius 3 is 2.33 bits per heavy atom. The molecule has 0 heterocycles. The number of carbonyl (C=O) groups is 3. The van der Waals surface area contributed by atoms with Crippen molar-refractivity contribution < 1.29 is 19.1 Å². The van der Waals surface area contributed by atoms with E-state index >= 15 is 0 Å². The second-order valence-electron chi connectivity index (χ2n) is 6.99. The highest BCUT2D eigenvalue weighted by Crippen LogP contribution is 2.18. The highest BCUT2D eigenvalue weighted by Gasteiger charge is 2.17. The van der Waals surface area contributed by atoms with Gasteiger partial charge in [-0.25, -0.2) is 5.43 Å². The number of anilines is 2. The molecule has 0 unspecified atom stereocenters. The first kappa shape index (κ1) is 23.2. The van der Waals surface area contributed by atoms with E-state index < -0.39 is 17.7 Å². The number of nitrogens with zero attached hydrogens (tertiary/aromatic N) is 1. The average Bonchev–Trinajstić information content (AvgIpc) is 2.82. The summed E-state index contributed by atoms with van der Waals surface area (Å²) in [5, 5.41) is 9.05. The van der Waals surface area contributed by atoms with Crippen molar-refractivity contribution in [3.8, 4) is 5.75 Å². The van der Waals surface area contributed by atoms with Crippen LogP contribution in [0.4, 0.5) is 11.4 Å². The van der Waals surface area contributed by atoms with Crippen LogP contribution in [0.3, 0.4) is 0 Å². The molecule has 0 aliphatic rings. The Hall–Kier alpha value is -4.46. The van der Waals surface area contributed by atoms with E-state index in [4.69, 9.17) is 4.74 Å². The Morgan fingerprint density at radius 1 is 0.879 bits per heavy atom. The number of amides is 3. The smallest absolute Gasteiger partial charge is 0.329 e. The monoisotopic (exact) mass is 444 g/mol. The van der Waals surface area contributed by atoms with Crippen molar-refractivity contribution in [3.63, 3.8) is 0 Å². The third-order valence-corrected chi connectivity index (χ3v) is 4.52. The number of aryl methyl sites for hydroxylation is 1. The Bertz CT molecular complexity index is 1170. The van der Waals surface area contributed by atoms with Crippen molar-refractivity contribution >= 4 is 35.3 Å². The van der Waals surface area contributed by atoms with Crippen molar-refractivity contribution in [3.05, 3.63) is 89.5 Å². The van der Waals surface area contributed by atoms with Crippen LogP contribution < -0.4 is 20.8 Å². The predicted octanol–water partition coefficient (Wildman–Crippen LogP) is 3.73. The van der Waals surface area contributed by atoms with Gasteiger partial charge in [-0.05, 0) is 50.2 Å². The van der Waals surface area contributed by atoms with Crippen LogP contribution in [-0.4, -0.2) is 30.5 Å². The predicted molar refractivity (Wildman–Crippen MR) is 128 cm³/mol. The summed E-state index contributed by atoms with van der Waals surface area (Å²) in [5.74, 6) is -1.74. The number of ether oxygens (including phenoxy) is 1. The molecule has 0 aliphatic heterocycles. The summed E-state index contributed by atoms with van der Waals surface area (Å²) in [5.41, 5.74) is 4.93. The summed E-state index contributed by atoms with van der Waals surface area (Å²) >= 11 is 0. The third kappa shape index (κ3) is 6.51. The molecule has 0 atom stereocenters. The number of para-hydroxylation sites is 2. The molecule has 0 radical (unpaired) electrons. The highest BCUT2D eigenvalue weighted by atomic mass is 16.5. The molecule has 8 nitrogen and oxygen atoms in total. The first-order valence-electron chi connectivity index (χ1n) is 10.3. The molecule has 0 aliphatic carbocycles. The van der Waals surface area contributed by atoms with Gasteiger partial charge < -0.3 is 15.4 Å². The second-order valence-corrected chi connectivity index (χ2v) is 6.99. The summed E-state index contributed by atoms with van der Waals surface area (Å²) in [6.07, 6.45) is 1.39. The van der Waals surface area contributed by atoms with E-state index in [9.17, 15) is 14.4 Å². The Morgan fingerprint density at radius 2 is 1.58 bits per heavy atom. The molecule has 0 spiro atoms. The zero-order valence-electron chi connectivity index (χ0n) is 18.3. The molecule has 3 aromatic rings. The normalized spacial score (nSPS) is 10.5. The minimum atomic E-state index is -0.978. The largest absolute Gasteiger partial charge is 0.493 e. The molecule has 0 fully saturated rings. The van der Waals surface area contributed by atoms with Gasteiger partial charge in [-0.3, -0.25) is 14.4 Å². The van der Waals surface area contributed by atoms with E-state index in [2.05, 4.69) is 21.2 Å². The molecule has 3 amide bonds. The van der Waals surface area contributed by atoms with Gasteiger partial charge in [0.25, 0.3) is 5.91 Å². The van der Waals surface area contributed by atoms with Gasteiger partial charge in [-0.2, -0.15) is 5.10 Å². The lowest BCUT2D eigenvalue weighted by Crippen LogP contribution is -2.33. The van der Waals surface area contributed by atoms with Crippen molar-refractivity contribution in [1.82, 2.24) is 5.43 Å². The summed E-state index contributed by atoms with van der Waals surface area (Å²) in [6.45, 7) is 4.29. The molecule has 33 heavy (non-hydrogen) atoms. The van der Waals surface area contributed by atoms with E-state index in [1.807, 2.05) is 32.0 Å². The molecule has 3 aromatic carbocycles. The van der Waals surface area contributed by atoms with E-state index in [0.29, 0.717) is 23.6 Å². The van der Waals surface area contributed by atoms with Crippen LogP contribution in [0.1, 0.15) is 28.4 Å². The molecule has 0 saturated carbocycles. The lowest BCUT2D eigenvalue weighted by molar-refractivity contribution is -0.136. The maximum absolute atomic E-state index is 12.7. The number of rotatable bonds is 7. The molecule has 3 N–H and O–H groups in total. The number of hydrazone groups is 1. The van der Waals surface area contributed by atoms with Crippen molar-refractivity contribution in [2.45, 2.75) is 13.8 Å². The fourth-order valence-corrected chi connectivity index (χ4v) is 2.89. The van der Waals surface area contributed by atoms with Gasteiger partial charge in [0.1, 0.15) is 5.75 Å². The topological polar surface area (TPSA) is 109 Å². The number of carbonyl (C=O) groups excluding carboxylic acids is 3. The quantitative estimate of drug-likeness (QED) is 0.293. The van der Waals surface area contributed by atoms with Crippen LogP contribution in [0.25, 0.3) is 0 Å². The second kappa shape index (κ2) is 11.2. The first-order chi connectivity index (χ1) is 16.0. The molecule has 0 saturated heterocycles. The van der Waals surface area contributed by atoms with Gasteiger partial charge in [0.2, 0.25) is 0 Å². The van der Waals surface area contributed by atoms with Gasteiger partial charge in [-0.15, -0.1) is 0 Å². The lowest BCUT2D eigenvalue weighted by atomic mass is 10.1. The van der Waals surface area contributed by atoms with Crippen LogP contribution >= 0.6 is 0 Å². The van der Waals surface area contributed by atoms with E-state index in [-0.39, 0.29) is 11.3 Å². The molecule has 8 heteroatoms. The van der Waals surface area contributed by atoms with Crippen molar-refractivity contribution in [1.29, 1.82) is 0 Å². The van der Waals surface area contributed by atoms with Crippen LogP contribution in [0, 0.1) is 6.92 Å². The van der Waals surface area contributed by atoms with Gasteiger partial charge in [0, 0.05) is 11.3 Å². The van der Waals surface area contributed by atoms with E-state index in [1.165, 1.54) is 12.3 Å². The SMILES string of the molecule is CCOc1ccccc1/C=N/NC(=O)C(=O)Nc1ccccc1C(=O)Nc1ccc(C)cc1. The van der Waals surface area contributed by atoms with Gasteiger partial charge in [0.15, 0.2) is 0 Å². The molecule has 3 rings (SSSR count). The third-order valence-electron chi connectivity index (χ3n) is 4.52. The number of hydrogen-bond donors (Lipinski definition) is 3. The van der Waals surface area contributed by atoms with Crippen LogP contribution in [0.5, 0.6) is 5.75 Å². The molecule has 168 valence electrons. The summed E-state index contributed by atoms with van der Waals surface area (Å²) in [4.78, 5) is 37.2. The van der Waals surface area contributed by atoms with Gasteiger partial charge >= 0.3 is 11.8 Å². The van der Waals surface area contributed by atoms with E-state index in [1.54, 1.807) is 48.5 Å². The minimum absolute atomic E-state index is 0.202. The maximum Gasteiger partial charge on any atom is 0.329 e. The molecular weight excluding hydrogens is 420 g/mol. The van der Waals surface area contributed by atoms with Crippen LogP contribution in [0.2, 0.25) is 0 Å². The number of hydrogen-bond acceptors (Lipinski definition) is 5. The van der Waals surface area contributed by atoms with Gasteiger partial charge in [-0.1, -0.05) is 42.0 Å². The van der Waals surface area contributed by atoms with Crippen molar-refractivity contribution in [2.75, 3.05) is 17.2 Å². The standard InChI is InChI=1S/C25H24N4O4/c1-3-33-22-11-7-4-8-18(22)16-26-29-25(32)24(31)28-21-10-6-5-9-20(21)23(30)27-19-14-12-17(2)13-15-19/h4-16H,3H2,1-2H3,(H,27,30)(H,28,31)(H,29,32)/b26-16+. The minimum Gasteiger partial charge on any atom is -0.493 e. The van der Waals surface area contributed by atoms with Crippen LogP contribution in [0.15, 0.2) is 77.9 Å². The van der Waals surface area contributed by atoms with E-state index in [0.717, 1.165) is 5.56 Å². The zero-order valence-corrected chi connectivity index (χ0v) is 18.3. The summed E-state index contributed by atoms with van der Waals surface area (Å²) in [6, 6.07) is 20.9. The Balaban J connectivity index is 1.64. The fourth-order valence-electron chi connectivity index (χ4n) is 2.89. The first-order valence-corrected chi connectivity index (χ1v) is 10.3. The molecule has 0 bridgehead atoms. The summed E-state index contributed by atoms with van der Waals surface area (Å²) < 4.78 is 5.48. The Labute approximate surface area is 191 Å². The zero-order chi connectivity index (χ0) is 23.6. The van der Waals surface area contributed by atoms with Gasteiger partial charge in [0.05, 0.1) is 24.1 Å². The molecule has 0 aromatic heterocycles. The van der Waals surface area contributed by atoms with Crippen molar-refractivity contribution in [2.24, 2.45) is 5.10 Å². The summed E-state index contributed by atoms with van der Waals surface area (Å²) in [7, 11) is 0. The highest BCUT2D eigenvalue weighted by molar-refractivity contribution is 6.40. The van der Waals surface area contributed by atoms with Crippen LogP contribution in [-0.2, 0) is 9.59 Å². The number of nitrogens with one attached hydrogen (secondary N) is 3. The number of benzene rings is 3.